The summed E-state index contributed by atoms with van der Waals surface area (Å²) in [6.45, 7) is -10.2. The Kier molecular flexibility index (Phi) is 37.7. The molecule has 0 radical (unpaired) electrons. The molecule has 2 amide bonds. The lowest BCUT2D eigenvalue weighted by Crippen LogP contribution is -2.70. The van der Waals surface area contributed by atoms with E-state index >= 15 is 0 Å². The van der Waals surface area contributed by atoms with Crippen LogP contribution in [-0.2, 0) is 109 Å². The van der Waals surface area contributed by atoms with Gasteiger partial charge in [-0.05, 0) is 0 Å². The maximum absolute atomic E-state index is 13.1. The van der Waals surface area contributed by atoms with E-state index in [2.05, 4.69) is 10.6 Å². The molecule has 128 heavy (non-hydrogen) atoms. The van der Waals surface area contributed by atoms with Crippen LogP contribution in [0.2, 0.25) is 0 Å². The Hall–Kier alpha value is -3.22. The van der Waals surface area contributed by atoms with E-state index in [1.54, 1.807) is 0 Å². The second-order valence-electron chi connectivity index (χ2n) is 32.4. The minimum atomic E-state index is -2.69. The standard InChI is InChI=1S/C70H118N2O56/c1-14(80)71-27-38(91)54(21(8-78)112-60(27)107)123-61-28(72-15(2)81)39(92)55(22(9-79)118-61)124-67-53(106)56(125-69-59(46(99)33(86)19(6-76)116-69)128-70-58(45(98)32(85)20(7-77)117-70)127-65-51(104)42(95)31(84)18(5-75)115-65)37(90)26(121-67)13-111-68-57(126-66-52(105)44(97)35(88)24(120-66)11-109-63-49(102)41(94)30(83)17(4-74)114-63)47(100)36(89)25(122-68)12-110-64-50(103)43(96)34(87)23(119-64)10-108-62-48(101)40(93)29(82)16(3-73)113-62/h16-70,73-79,82-107H,3-13H2,1-2H3,(H,71,80)(H,72,81)/t16-,17-,18-,19-,20-,21-,22-,23-,24-,25-,26-,27-,28-,29-,30-,31-,32-,33-,34-,35-,36-,37-,38-,39-,40+,41+,42+,43+,44+,45+,46+,47+,48+,49+,50+,51+,52+,53+,54-,55-,56+,57+,58+,59+,60-,61+,62+,63+,64+,65-,66-,67+,68+,69-,70-/m1/s1. The molecule has 744 valence electrons. The molecule has 11 aliphatic heterocycles. The molecule has 0 spiro atoms. The smallest absolute Gasteiger partial charge is 0.217 e. The molecule has 0 unspecified atom stereocenters. The highest BCUT2D eigenvalue weighted by Gasteiger charge is 2.62. The molecule has 11 fully saturated rings. The van der Waals surface area contributed by atoms with Crippen molar-refractivity contribution >= 4 is 11.8 Å². The summed E-state index contributed by atoms with van der Waals surface area (Å²) >= 11 is 0. The van der Waals surface area contributed by atoms with Gasteiger partial charge in [0.2, 0.25) is 11.8 Å². The van der Waals surface area contributed by atoms with Crippen molar-refractivity contribution in [1.82, 2.24) is 10.6 Å². The summed E-state index contributed by atoms with van der Waals surface area (Å²) in [6.07, 6.45) is -115. The second kappa shape index (κ2) is 45.8. The topological polar surface area (TPSA) is 920 Å². The molecule has 0 bridgehead atoms. The van der Waals surface area contributed by atoms with Gasteiger partial charge >= 0.3 is 0 Å². The summed E-state index contributed by atoms with van der Waals surface area (Å²) in [6, 6.07) is -3.70. The van der Waals surface area contributed by atoms with Gasteiger partial charge in [-0.3, -0.25) is 9.59 Å². The van der Waals surface area contributed by atoms with Crippen LogP contribution in [0.15, 0.2) is 0 Å². The molecule has 35 N–H and O–H groups in total. The zero-order valence-corrected chi connectivity index (χ0v) is 67.7. The van der Waals surface area contributed by atoms with Gasteiger partial charge < -0.3 is 279 Å². The van der Waals surface area contributed by atoms with E-state index in [-0.39, 0.29) is 0 Å². The van der Waals surface area contributed by atoms with Crippen LogP contribution in [0.25, 0.3) is 0 Å². The fraction of sp³-hybridized carbons (Fsp3) is 0.971. The van der Waals surface area contributed by atoms with Crippen molar-refractivity contribution in [2.24, 2.45) is 0 Å². The molecule has 0 aliphatic carbocycles. The molecular formula is C70H118N2O56. The van der Waals surface area contributed by atoms with E-state index in [0.29, 0.717) is 0 Å². The molecule has 55 atom stereocenters. The van der Waals surface area contributed by atoms with Crippen LogP contribution in [0.4, 0.5) is 0 Å². The van der Waals surface area contributed by atoms with Gasteiger partial charge in [-0.25, -0.2) is 0 Å². The first-order valence-electron chi connectivity index (χ1n) is 40.7. The quantitative estimate of drug-likeness (QED) is 0.0290. The third-order valence-electron chi connectivity index (χ3n) is 23.7. The van der Waals surface area contributed by atoms with E-state index in [0.717, 1.165) is 13.8 Å². The number of carbonyl (C=O) groups excluding carboxylic acids is 2. The number of hydrogen-bond donors (Lipinski definition) is 35. The monoisotopic (exact) mass is 1880 g/mol. The van der Waals surface area contributed by atoms with Crippen molar-refractivity contribution in [1.29, 1.82) is 0 Å². The summed E-state index contributed by atoms with van der Waals surface area (Å²) < 4.78 is 123. The fourth-order valence-electron chi connectivity index (χ4n) is 16.3. The van der Waals surface area contributed by atoms with E-state index in [9.17, 15) is 178 Å². The Morgan fingerprint density at radius 1 is 0.203 bits per heavy atom. The van der Waals surface area contributed by atoms with E-state index in [4.69, 9.17) is 99.5 Å². The third-order valence-corrected chi connectivity index (χ3v) is 23.7. The predicted molar refractivity (Wildman–Crippen MR) is 386 cm³/mol. The minimum Gasteiger partial charge on any atom is -0.394 e. The average Bonchev–Trinajstić information content (AvgIpc) is 0.760. The number of aliphatic hydroxyl groups is 33. The third kappa shape index (κ3) is 22.8. The normalized spacial score (nSPS) is 51.7. The van der Waals surface area contributed by atoms with Crippen LogP contribution in [-0.4, -0.2) is 591 Å². The van der Waals surface area contributed by atoms with Gasteiger partial charge in [0, 0.05) is 13.8 Å². The SMILES string of the molecule is CC(=O)N[C@@H]1[C@@H](O)[C@H](O[C@@H]2O[C@H](CO)[C@@H](O[C@@H]3O[C@H](CO[C@H]4O[C@H](CO[C@H]5O[C@H](CO[C@H]6O[C@H](CO)[C@@H](O)[C@H](O)[C@@H]6O)[C@@H](O)[C@H](O)[C@@H]5O)[C@@H](O)[C@H](O)[C@@H]4O[C@H]4O[C@H](CO[C@H]5O[C@H](CO)[C@@H](O)[C@H](O)[C@@H]5O)[C@@H](O)[C@H](O)[C@@H]4O)[C@@H](O)[C@H](O[C@H]4O[C@H](CO)[C@@H](O)[C@H](O)[C@@H]4O[C@H]4O[C@H](CO)[C@@H](O)[C@H](O)[C@@H]4O[C@H]4O[C@H](CO)[C@@H](O)[C@H](O)[C@@H]4O)[C@@H]3O)[C@H](O)[C@H]2NC(C)=O)[C@@H](CO)O[C@H]1O. The summed E-state index contributed by atoms with van der Waals surface area (Å²) in [5, 5.41) is 370. The van der Waals surface area contributed by atoms with Gasteiger partial charge in [0.25, 0.3) is 0 Å². The van der Waals surface area contributed by atoms with E-state index in [1.807, 2.05) is 0 Å². The van der Waals surface area contributed by atoms with Crippen molar-refractivity contribution < 1.29 is 278 Å². The summed E-state index contributed by atoms with van der Waals surface area (Å²) in [4.78, 5) is 25.3. The molecule has 58 heteroatoms. The number of aliphatic hydroxyl groups excluding tert-OH is 33. The molecule has 11 heterocycles. The van der Waals surface area contributed by atoms with Gasteiger partial charge in [0.15, 0.2) is 69.2 Å². The first kappa shape index (κ1) is 105. The van der Waals surface area contributed by atoms with Crippen molar-refractivity contribution in [3.05, 3.63) is 0 Å². The molecule has 58 nitrogen and oxygen atoms in total. The number of ether oxygens (including phenoxy) is 21. The highest BCUT2D eigenvalue weighted by atomic mass is 16.8. The van der Waals surface area contributed by atoms with Crippen molar-refractivity contribution in [3.63, 3.8) is 0 Å². The van der Waals surface area contributed by atoms with Gasteiger partial charge in [0.1, 0.15) is 268 Å². The molecule has 11 rings (SSSR count). The lowest BCUT2D eigenvalue weighted by Gasteiger charge is -2.51. The number of carbonyl (C=O) groups is 2. The molecule has 0 aromatic heterocycles. The maximum atomic E-state index is 13.1. The average molecular weight is 1880 g/mol. The first-order chi connectivity index (χ1) is 60.6. The number of rotatable bonds is 33. The predicted octanol–water partition coefficient (Wildman–Crippen LogP) is -24.7. The molecule has 0 aromatic rings. The number of amides is 2. The molecule has 11 aliphatic rings. The first-order valence-corrected chi connectivity index (χ1v) is 40.7. The molecule has 0 saturated carbocycles. The number of nitrogens with one attached hydrogen (secondary N) is 2. The molecular weight excluding hydrogens is 1760 g/mol. The van der Waals surface area contributed by atoms with E-state index < -0.39 is 422 Å². The van der Waals surface area contributed by atoms with Crippen LogP contribution >= 0.6 is 0 Å². The van der Waals surface area contributed by atoms with Crippen LogP contribution < -0.4 is 10.6 Å². The molecule has 0 aromatic carbocycles. The van der Waals surface area contributed by atoms with Gasteiger partial charge in [-0.2, -0.15) is 0 Å². The Balaban J connectivity index is 0.934. The zero-order chi connectivity index (χ0) is 94.0. The second-order valence-corrected chi connectivity index (χ2v) is 32.4. The van der Waals surface area contributed by atoms with Crippen molar-refractivity contribution in [2.45, 2.75) is 351 Å². The number of hydrogen-bond acceptors (Lipinski definition) is 56. The van der Waals surface area contributed by atoms with Gasteiger partial charge in [-0.1, -0.05) is 0 Å². The van der Waals surface area contributed by atoms with Crippen LogP contribution in [0.1, 0.15) is 13.8 Å². The van der Waals surface area contributed by atoms with Gasteiger partial charge in [0.05, 0.1) is 72.7 Å². The largest absolute Gasteiger partial charge is 0.394 e. The Morgan fingerprint density at radius 3 is 0.805 bits per heavy atom. The lowest BCUT2D eigenvalue weighted by molar-refractivity contribution is -0.408. The van der Waals surface area contributed by atoms with Gasteiger partial charge in [-0.15, -0.1) is 0 Å². The Labute approximate surface area is 722 Å². The minimum absolute atomic E-state index is 0.823. The van der Waals surface area contributed by atoms with E-state index in [1.165, 1.54) is 0 Å². The summed E-state index contributed by atoms with van der Waals surface area (Å²) in [7, 11) is 0. The van der Waals surface area contributed by atoms with Crippen LogP contribution in [0.3, 0.4) is 0 Å². The molecule has 11 saturated heterocycles. The zero-order valence-electron chi connectivity index (χ0n) is 67.7. The summed E-state index contributed by atoms with van der Waals surface area (Å²) in [5.41, 5.74) is 0. The Morgan fingerprint density at radius 2 is 0.430 bits per heavy atom. The lowest BCUT2D eigenvalue weighted by atomic mass is 9.94. The Bertz CT molecular complexity index is 3380. The van der Waals surface area contributed by atoms with Crippen molar-refractivity contribution in [3.8, 4) is 0 Å². The fourth-order valence-corrected chi connectivity index (χ4v) is 16.3. The summed E-state index contributed by atoms with van der Waals surface area (Å²) in [5.74, 6) is -1.82. The van der Waals surface area contributed by atoms with Crippen molar-refractivity contribution in [2.75, 3.05) is 72.7 Å². The van der Waals surface area contributed by atoms with Crippen LogP contribution in [0, 0.1) is 0 Å². The highest BCUT2D eigenvalue weighted by Crippen LogP contribution is 2.41. The van der Waals surface area contributed by atoms with Crippen LogP contribution in [0.5, 0.6) is 0 Å². The highest BCUT2D eigenvalue weighted by molar-refractivity contribution is 5.73. The maximum Gasteiger partial charge on any atom is 0.217 e.